The van der Waals surface area contributed by atoms with Gasteiger partial charge in [-0.3, -0.25) is 4.79 Å². The number of hydrogen-bond donors (Lipinski definition) is 0. The molecule has 0 fully saturated rings. The normalized spacial score (nSPS) is 15.6. The van der Waals surface area contributed by atoms with Gasteiger partial charge in [0, 0.05) is 29.1 Å². The van der Waals surface area contributed by atoms with Crippen LogP contribution in [0.2, 0.25) is 5.02 Å². The van der Waals surface area contributed by atoms with Gasteiger partial charge in [-0.2, -0.15) is 4.98 Å². The van der Waals surface area contributed by atoms with Gasteiger partial charge in [-0.25, -0.2) is 0 Å². The molecule has 0 unspecified atom stereocenters. The Hall–Kier alpha value is -1.92. The Morgan fingerprint density at radius 3 is 2.96 bits per heavy atom. The molecule has 2 aromatic rings. The Morgan fingerprint density at radius 2 is 2.25 bits per heavy atom. The van der Waals surface area contributed by atoms with E-state index in [1.807, 2.05) is 25.1 Å². The van der Waals surface area contributed by atoms with E-state index >= 15 is 0 Å². The van der Waals surface area contributed by atoms with Crippen molar-refractivity contribution in [3.63, 3.8) is 0 Å². The van der Waals surface area contributed by atoms with Crippen LogP contribution in [0.5, 0.6) is 0 Å². The van der Waals surface area contributed by atoms with Crippen LogP contribution in [-0.4, -0.2) is 29.2 Å². The Labute approximate surface area is 145 Å². The molecule has 0 N–H and O–H groups in total. The second-order valence-electron chi connectivity index (χ2n) is 6.48. The summed E-state index contributed by atoms with van der Waals surface area (Å²) in [6.45, 7) is 6.84. The fourth-order valence-corrected chi connectivity index (χ4v) is 3.05. The van der Waals surface area contributed by atoms with Gasteiger partial charge in [-0.05, 0) is 17.7 Å². The Morgan fingerprint density at radius 1 is 1.46 bits per heavy atom. The second-order valence-corrected chi connectivity index (χ2v) is 6.91. The first kappa shape index (κ1) is 16.9. The molecular formula is C17H20ClN3O3. The number of carbonyl (C=O) groups is 1. The highest BCUT2D eigenvalue weighted by Crippen LogP contribution is 2.41. The van der Waals surface area contributed by atoms with Crippen LogP contribution in [0.1, 0.15) is 38.0 Å². The van der Waals surface area contributed by atoms with Gasteiger partial charge >= 0.3 is 0 Å². The summed E-state index contributed by atoms with van der Waals surface area (Å²) >= 11 is 6.09. The molecule has 6 nitrogen and oxygen atoms in total. The molecule has 1 aliphatic rings. The summed E-state index contributed by atoms with van der Waals surface area (Å²) in [5.74, 6) is 0.897. The van der Waals surface area contributed by atoms with Gasteiger partial charge < -0.3 is 14.2 Å². The summed E-state index contributed by atoms with van der Waals surface area (Å²) in [6, 6.07) is 5.67. The fraction of sp³-hybridized carbons (Fsp3) is 0.471. The maximum absolute atomic E-state index is 12.5. The van der Waals surface area contributed by atoms with Gasteiger partial charge in [0.1, 0.15) is 13.2 Å². The maximum atomic E-state index is 12.5. The first-order valence-electron chi connectivity index (χ1n) is 7.90. The van der Waals surface area contributed by atoms with E-state index in [4.69, 9.17) is 20.9 Å². The third-order valence-electron chi connectivity index (χ3n) is 4.11. The van der Waals surface area contributed by atoms with E-state index in [1.165, 1.54) is 0 Å². The molecule has 24 heavy (non-hydrogen) atoms. The monoisotopic (exact) mass is 349 g/mol. The molecule has 128 valence electrons. The van der Waals surface area contributed by atoms with Crippen molar-refractivity contribution in [3.05, 3.63) is 40.5 Å². The lowest BCUT2D eigenvalue weighted by atomic mass is 9.87. The van der Waals surface area contributed by atoms with Crippen molar-refractivity contribution >= 4 is 23.2 Å². The number of carbonyl (C=O) groups excluding carboxylic acids is 1. The third kappa shape index (κ3) is 3.30. The fourth-order valence-electron chi connectivity index (χ4n) is 2.88. The quantitative estimate of drug-likeness (QED) is 0.829. The number of hydrogen-bond acceptors (Lipinski definition) is 5. The van der Waals surface area contributed by atoms with E-state index in [1.54, 1.807) is 4.90 Å². The average molecular weight is 350 g/mol. The predicted octanol–water partition coefficient (Wildman–Crippen LogP) is 3.13. The molecule has 0 spiro atoms. The smallest absolute Gasteiger partial charge is 0.253 e. The lowest BCUT2D eigenvalue weighted by Gasteiger charge is -2.20. The molecule has 1 aromatic heterocycles. The number of anilines is 1. The molecule has 0 atom stereocenters. The number of fused-ring (bicyclic) bond motifs is 1. The van der Waals surface area contributed by atoms with E-state index in [0.717, 1.165) is 11.3 Å². The molecule has 0 bridgehead atoms. The van der Waals surface area contributed by atoms with Crippen molar-refractivity contribution in [2.24, 2.45) is 0 Å². The Balaban J connectivity index is 1.65. The van der Waals surface area contributed by atoms with Crippen LogP contribution in [0, 0.1) is 0 Å². The SMILES string of the molecule is CCc1noc(COCC(=O)N2CC(C)(C)c3ccc(Cl)cc32)n1. The van der Waals surface area contributed by atoms with Crippen LogP contribution >= 0.6 is 11.6 Å². The summed E-state index contributed by atoms with van der Waals surface area (Å²) < 4.78 is 10.5. The Bertz CT molecular complexity index is 757. The summed E-state index contributed by atoms with van der Waals surface area (Å²) in [6.07, 6.45) is 0.697. The third-order valence-corrected chi connectivity index (χ3v) is 4.35. The summed E-state index contributed by atoms with van der Waals surface area (Å²) in [5, 5.41) is 4.41. The number of halogens is 1. The van der Waals surface area contributed by atoms with Gasteiger partial charge in [-0.1, -0.05) is 43.6 Å². The zero-order chi connectivity index (χ0) is 17.3. The molecule has 2 heterocycles. The average Bonchev–Trinajstić information content (AvgIpc) is 3.09. The topological polar surface area (TPSA) is 68.5 Å². The molecule has 1 amide bonds. The Kier molecular flexibility index (Phi) is 4.60. The number of ether oxygens (including phenoxy) is 1. The first-order valence-corrected chi connectivity index (χ1v) is 8.28. The van der Waals surface area contributed by atoms with Crippen molar-refractivity contribution in [1.82, 2.24) is 10.1 Å². The van der Waals surface area contributed by atoms with E-state index in [0.29, 0.717) is 29.7 Å². The molecule has 0 saturated heterocycles. The minimum absolute atomic E-state index is 0.0497. The lowest BCUT2D eigenvalue weighted by molar-refractivity contribution is -0.123. The highest BCUT2D eigenvalue weighted by molar-refractivity contribution is 6.31. The molecule has 0 radical (unpaired) electrons. The van der Waals surface area contributed by atoms with Crippen LogP contribution < -0.4 is 4.90 Å². The highest BCUT2D eigenvalue weighted by atomic mass is 35.5. The number of nitrogens with zero attached hydrogens (tertiary/aromatic N) is 3. The van der Waals surface area contributed by atoms with Crippen molar-refractivity contribution in [2.45, 2.75) is 39.2 Å². The molecule has 1 aromatic carbocycles. The van der Waals surface area contributed by atoms with Crippen LogP contribution in [0.4, 0.5) is 5.69 Å². The summed E-state index contributed by atoms with van der Waals surface area (Å²) in [7, 11) is 0. The van der Waals surface area contributed by atoms with Crippen LogP contribution in [0.15, 0.2) is 22.7 Å². The van der Waals surface area contributed by atoms with Crippen molar-refractivity contribution < 1.29 is 14.1 Å². The van der Waals surface area contributed by atoms with E-state index in [-0.39, 0.29) is 24.5 Å². The number of aryl methyl sites for hydroxylation is 1. The van der Waals surface area contributed by atoms with E-state index < -0.39 is 0 Å². The largest absolute Gasteiger partial charge is 0.362 e. The van der Waals surface area contributed by atoms with Gasteiger partial charge in [0.25, 0.3) is 11.8 Å². The minimum atomic E-state index is -0.113. The highest BCUT2D eigenvalue weighted by Gasteiger charge is 2.37. The predicted molar refractivity (Wildman–Crippen MR) is 90.2 cm³/mol. The maximum Gasteiger partial charge on any atom is 0.253 e. The molecule has 3 rings (SSSR count). The first-order chi connectivity index (χ1) is 11.4. The zero-order valence-corrected chi connectivity index (χ0v) is 14.8. The van der Waals surface area contributed by atoms with Crippen molar-refractivity contribution in [2.75, 3.05) is 18.1 Å². The molecule has 0 aliphatic carbocycles. The molecule has 1 aliphatic heterocycles. The number of benzene rings is 1. The van der Waals surface area contributed by atoms with Crippen molar-refractivity contribution in [1.29, 1.82) is 0 Å². The van der Waals surface area contributed by atoms with Gasteiger partial charge in [0.05, 0.1) is 0 Å². The van der Waals surface area contributed by atoms with Gasteiger partial charge in [-0.15, -0.1) is 0 Å². The molecule has 0 saturated carbocycles. The zero-order valence-electron chi connectivity index (χ0n) is 14.0. The number of aromatic nitrogens is 2. The summed E-state index contributed by atoms with van der Waals surface area (Å²) in [4.78, 5) is 18.4. The minimum Gasteiger partial charge on any atom is -0.362 e. The summed E-state index contributed by atoms with van der Waals surface area (Å²) in [5.41, 5.74) is 1.86. The number of rotatable bonds is 5. The van der Waals surface area contributed by atoms with Gasteiger partial charge in [0.15, 0.2) is 5.82 Å². The second kappa shape index (κ2) is 6.53. The van der Waals surface area contributed by atoms with E-state index in [2.05, 4.69) is 24.0 Å². The standard InChI is InChI=1S/C17H20ClN3O3/c1-4-14-19-15(24-20-14)8-23-9-16(22)21-10-17(2,3)12-6-5-11(18)7-13(12)21/h5-7H,4,8-10H2,1-3H3. The molecular weight excluding hydrogens is 330 g/mol. The lowest BCUT2D eigenvalue weighted by Crippen LogP contribution is -2.36. The van der Waals surface area contributed by atoms with Crippen LogP contribution in [-0.2, 0) is 28.0 Å². The van der Waals surface area contributed by atoms with Crippen LogP contribution in [0.25, 0.3) is 0 Å². The van der Waals surface area contributed by atoms with Crippen LogP contribution in [0.3, 0.4) is 0 Å². The van der Waals surface area contributed by atoms with Gasteiger partial charge in [0.2, 0.25) is 0 Å². The number of amides is 1. The van der Waals surface area contributed by atoms with Crippen molar-refractivity contribution in [3.8, 4) is 0 Å². The molecule has 7 heteroatoms. The van der Waals surface area contributed by atoms with E-state index in [9.17, 15) is 4.79 Å².